The Kier molecular flexibility index (Phi) is 6.07. The Morgan fingerprint density at radius 2 is 1.71 bits per heavy atom. The maximum absolute atomic E-state index is 12.0. The van der Waals surface area contributed by atoms with Crippen LogP contribution in [0.3, 0.4) is 0 Å². The summed E-state index contributed by atoms with van der Waals surface area (Å²) in [6.07, 6.45) is 2.46. The van der Waals surface area contributed by atoms with Crippen molar-refractivity contribution in [3.63, 3.8) is 0 Å². The van der Waals surface area contributed by atoms with Crippen molar-refractivity contribution in [1.82, 2.24) is 15.6 Å². The monoisotopic (exact) mass is 325 g/mol. The molecule has 2 amide bonds. The minimum Gasteiger partial charge on any atom is -0.350 e. The van der Waals surface area contributed by atoms with E-state index in [9.17, 15) is 9.59 Å². The van der Waals surface area contributed by atoms with Crippen molar-refractivity contribution in [2.45, 2.75) is 39.8 Å². The quantitative estimate of drug-likeness (QED) is 0.858. The number of hydrogen-bond acceptors (Lipinski definition) is 3. The zero-order chi connectivity index (χ0) is 17.5. The molecule has 0 saturated carbocycles. The van der Waals surface area contributed by atoms with Crippen LogP contribution < -0.4 is 10.6 Å². The molecule has 0 saturated heterocycles. The lowest BCUT2D eigenvalue weighted by Gasteiger charge is -2.11. The predicted molar refractivity (Wildman–Crippen MR) is 93.8 cm³/mol. The maximum atomic E-state index is 12.0. The first-order chi connectivity index (χ1) is 11.5. The zero-order valence-electron chi connectivity index (χ0n) is 14.3. The number of nitrogens with zero attached hydrogens (tertiary/aromatic N) is 1. The molecule has 2 rings (SSSR count). The minimum absolute atomic E-state index is 0.0781. The van der Waals surface area contributed by atoms with Gasteiger partial charge in [0.15, 0.2) is 0 Å². The second-order valence-electron chi connectivity index (χ2n) is 5.85. The maximum Gasteiger partial charge on any atom is 0.253 e. The Morgan fingerprint density at radius 3 is 2.29 bits per heavy atom. The highest BCUT2D eigenvalue weighted by Crippen LogP contribution is 2.06. The molecule has 0 fully saturated rings. The third-order valence-electron chi connectivity index (χ3n) is 3.83. The zero-order valence-corrected chi connectivity index (χ0v) is 14.3. The first-order valence-electron chi connectivity index (χ1n) is 8.10. The number of pyridine rings is 1. The van der Waals surface area contributed by atoms with E-state index in [1.807, 2.05) is 32.9 Å². The molecule has 0 unspecified atom stereocenters. The first-order valence-corrected chi connectivity index (χ1v) is 8.10. The summed E-state index contributed by atoms with van der Waals surface area (Å²) in [6, 6.07) is 10.9. The van der Waals surface area contributed by atoms with E-state index in [1.165, 1.54) is 0 Å². The van der Waals surface area contributed by atoms with E-state index in [2.05, 4.69) is 15.6 Å². The Hall–Kier alpha value is -2.69. The smallest absolute Gasteiger partial charge is 0.253 e. The molecule has 126 valence electrons. The summed E-state index contributed by atoms with van der Waals surface area (Å²) in [5, 5.41) is 5.77. The fourth-order valence-electron chi connectivity index (χ4n) is 2.07. The molecule has 1 aromatic carbocycles. The van der Waals surface area contributed by atoms with Gasteiger partial charge in [0, 0.05) is 30.0 Å². The molecular formula is C19H23N3O2. The van der Waals surface area contributed by atoms with E-state index < -0.39 is 0 Å². The third-order valence-corrected chi connectivity index (χ3v) is 3.83. The Bertz CT molecular complexity index is 694. The molecular weight excluding hydrogens is 302 g/mol. The molecule has 24 heavy (non-hydrogen) atoms. The fraction of sp³-hybridized carbons (Fsp3) is 0.316. The van der Waals surface area contributed by atoms with Gasteiger partial charge in [-0.25, -0.2) is 0 Å². The number of carbonyl (C=O) groups excluding carboxylic acids is 2. The van der Waals surface area contributed by atoms with Crippen LogP contribution in [0.2, 0.25) is 0 Å². The summed E-state index contributed by atoms with van der Waals surface area (Å²) >= 11 is 0. The standard InChI is InChI=1S/C19H23N3O2/c1-4-13(2)22-19(24)16-9-6-15(7-10-16)11-21-18(23)17-8-5-14(3)20-12-17/h5-10,12-13H,4,11H2,1-3H3,(H,21,23)(H,22,24)/t13-/m1/s1. The summed E-state index contributed by atoms with van der Waals surface area (Å²) in [7, 11) is 0. The minimum atomic E-state index is -0.166. The molecule has 0 aliphatic heterocycles. The van der Waals surface area contributed by atoms with Crippen LogP contribution >= 0.6 is 0 Å². The number of rotatable bonds is 6. The van der Waals surface area contributed by atoms with Gasteiger partial charge in [-0.15, -0.1) is 0 Å². The summed E-state index contributed by atoms with van der Waals surface area (Å²) < 4.78 is 0. The van der Waals surface area contributed by atoms with Crippen molar-refractivity contribution >= 4 is 11.8 Å². The summed E-state index contributed by atoms with van der Waals surface area (Å²) in [5.74, 6) is -0.244. The van der Waals surface area contributed by atoms with Crippen molar-refractivity contribution in [3.05, 3.63) is 65.0 Å². The number of nitrogens with one attached hydrogen (secondary N) is 2. The molecule has 0 radical (unpaired) electrons. The number of aromatic nitrogens is 1. The first kappa shape index (κ1) is 17.7. The van der Waals surface area contributed by atoms with Crippen LogP contribution in [-0.2, 0) is 6.54 Å². The van der Waals surface area contributed by atoms with Gasteiger partial charge in [-0.3, -0.25) is 14.6 Å². The molecule has 0 bridgehead atoms. The molecule has 1 heterocycles. The lowest BCUT2D eigenvalue weighted by atomic mass is 10.1. The van der Waals surface area contributed by atoms with Crippen LogP contribution in [0, 0.1) is 6.92 Å². The van der Waals surface area contributed by atoms with E-state index >= 15 is 0 Å². The Labute approximate surface area is 142 Å². The molecule has 0 spiro atoms. The number of benzene rings is 1. The van der Waals surface area contributed by atoms with Crippen molar-refractivity contribution < 1.29 is 9.59 Å². The average molecular weight is 325 g/mol. The number of carbonyl (C=O) groups is 2. The highest BCUT2D eigenvalue weighted by atomic mass is 16.2. The number of hydrogen-bond donors (Lipinski definition) is 2. The van der Waals surface area contributed by atoms with Crippen LogP contribution in [0.4, 0.5) is 0 Å². The lowest BCUT2D eigenvalue weighted by molar-refractivity contribution is 0.0934. The van der Waals surface area contributed by atoms with Gasteiger partial charge < -0.3 is 10.6 Å². The van der Waals surface area contributed by atoms with Crippen LogP contribution in [0.25, 0.3) is 0 Å². The highest BCUT2D eigenvalue weighted by molar-refractivity contribution is 5.94. The predicted octanol–water partition coefficient (Wildman–Crippen LogP) is 2.85. The molecule has 2 N–H and O–H groups in total. The van der Waals surface area contributed by atoms with Gasteiger partial charge in [-0.2, -0.15) is 0 Å². The highest BCUT2D eigenvalue weighted by Gasteiger charge is 2.09. The number of aryl methyl sites for hydroxylation is 1. The van der Waals surface area contributed by atoms with Gasteiger partial charge in [-0.05, 0) is 50.1 Å². The lowest BCUT2D eigenvalue weighted by Crippen LogP contribution is -2.31. The molecule has 5 heteroatoms. The number of amides is 2. The topological polar surface area (TPSA) is 71.1 Å². The van der Waals surface area contributed by atoms with Gasteiger partial charge in [0.1, 0.15) is 0 Å². The van der Waals surface area contributed by atoms with Crippen LogP contribution in [-0.4, -0.2) is 22.8 Å². The second-order valence-corrected chi connectivity index (χ2v) is 5.85. The average Bonchev–Trinajstić information content (AvgIpc) is 2.60. The van der Waals surface area contributed by atoms with Crippen LogP contribution in [0.5, 0.6) is 0 Å². The van der Waals surface area contributed by atoms with Gasteiger partial charge in [0.05, 0.1) is 5.56 Å². The van der Waals surface area contributed by atoms with Gasteiger partial charge in [0.25, 0.3) is 11.8 Å². The van der Waals surface area contributed by atoms with Crippen molar-refractivity contribution in [2.24, 2.45) is 0 Å². The van der Waals surface area contributed by atoms with E-state index in [-0.39, 0.29) is 17.9 Å². The molecule has 1 atom stereocenters. The second kappa shape index (κ2) is 8.24. The van der Waals surface area contributed by atoms with Gasteiger partial charge in [-0.1, -0.05) is 19.1 Å². The Morgan fingerprint density at radius 1 is 1.04 bits per heavy atom. The SMILES string of the molecule is CC[C@@H](C)NC(=O)c1ccc(CNC(=O)c2ccc(C)nc2)cc1. The fourth-order valence-corrected chi connectivity index (χ4v) is 2.07. The summed E-state index contributed by atoms with van der Waals surface area (Å²) in [6.45, 7) is 6.28. The molecule has 1 aromatic heterocycles. The largest absolute Gasteiger partial charge is 0.350 e. The Balaban J connectivity index is 1.90. The van der Waals surface area contributed by atoms with E-state index in [0.717, 1.165) is 17.7 Å². The van der Waals surface area contributed by atoms with Crippen LogP contribution in [0.1, 0.15) is 52.2 Å². The molecule has 0 aliphatic rings. The summed E-state index contributed by atoms with van der Waals surface area (Å²) in [5.41, 5.74) is 2.96. The van der Waals surface area contributed by atoms with Crippen molar-refractivity contribution in [2.75, 3.05) is 0 Å². The molecule has 5 nitrogen and oxygen atoms in total. The third kappa shape index (κ3) is 4.91. The molecule has 0 aliphatic carbocycles. The summed E-state index contributed by atoms with van der Waals surface area (Å²) in [4.78, 5) is 28.2. The van der Waals surface area contributed by atoms with Crippen molar-refractivity contribution in [1.29, 1.82) is 0 Å². The molecule has 2 aromatic rings. The van der Waals surface area contributed by atoms with E-state index in [0.29, 0.717) is 17.7 Å². The van der Waals surface area contributed by atoms with E-state index in [4.69, 9.17) is 0 Å². The van der Waals surface area contributed by atoms with Crippen LogP contribution in [0.15, 0.2) is 42.6 Å². The van der Waals surface area contributed by atoms with Crippen molar-refractivity contribution in [3.8, 4) is 0 Å². The van der Waals surface area contributed by atoms with Gasteiger partial charge in [0.2, 0.25) is 0 Å². The normalized spacial score (nSPS) is 11.6. The van der Waals surface area contributed by atoms with E-state index in [1.54, 1.807) is 30.5 Å². The van der Waals surface area contributed by atoms with Gasteiger partial charge >= 0.3 is 0 Å².